The van der Waals surface area contributed by atoms with Crippen LogP contribution in [0, 0.1) is 3.57 Å². The van der Waals surface area contributed by atoms with Crippen molar-refractivity contribution in [2.45, 2.75) is 10.1 Å². The molecule has 10 nitrogen and oxygen atoms in total. The Balaban J connectivity index is 1.68. The molecule has 0 aliphatic carbocycles. The first kappa shape index (κ1) is 26.9. The first-order chi connectivity index (χ1) is 17.6. The zero-order valence-electron chi connectivity index (χ0n) is 19.6. The number of carbonyl (C=O) groups is 1. The number of ether oxygens (including phenoxy) is 2. The van der Waals surface area contributed by atoms with Crippen molar-refractivity contribution in [3.05, 3.63) is 74.6 Å². The van der Waals surface area contributed by atoms with Crippen molar-refractivity contribution in [2.24, 2.45) is 5.14 Å². The molecule has 0 aliphatic heterocycles. The number of hydrogen-bond donors (Lipinski definition) is 2. The van der Waals surface area contributed by atoms with Gasteiger partial charge in [-0.15, -0.1) is 0 Å². The van der Waals surface area contributed by atoms with Crippen molar-refractivity contribution >= 4 is 66.9 Å². The van der Waals surface area contributed by atoms with Gasteiger partial charge in [0.2, 0.25) is 15.9 Å². The molecule has 1 amide bonds. The first-order valence-corrected chi connectivity index (χ1v) is 14.2. The van der Waals surface area contributed by atoms with Gasteiger partial charge in [0.15, 0.2) is 5.16 Å². The molecule has 37 heavy (non-hydrogen) atoms. The predicted octanol–water partition coefficient (Wildman–Crippen LogP) is 3.39. The van der Waals surface area contributed by atoms with Crippen LogP contribution < -0.4 is 25.5 Å². The number of rotatable bonds is 8. The van der Waals surface area contributed by atoms with E-state index in [1.807, 2.05) is 6.07 Å². The highest BCUT2D eigenvalue weighted by Crippen LogP contribution is 2.27. The normalized spacial score (nSPS) is 11.4. The van der Waals surface area contributed by atoms with Crippen molar-refractivity contribution in [1.82, 2.24) is 9.55 Å². The van der Waals surface area contributed by atoms with E-state index in [0.29, 0.717) is 33.8 Å². The molecular weight excluding hydrogens is 631 g/mol. The molecule has 4 aromatic rings. The summed E-state index contributed by atoms with van der Waals surface area (Å²) in [4.78, 5) is 30.8. The smallest absolute Gasteiger partial charge is 0.266 e. The topological polar surface area (TPSA) is 143 Å². The molecule has 0 atom stereocenters. The van der Waals surface area contributed by atoms with E-state index >= 15 is 0 Å². The van der Waals surface area contributed by atoms with Gasteiger partial charge in [0.05, 0.1) is 41.5 Å². The number of primary sulfonamides is 1. The largest absolute Gasteiger partial charge is 0.497 e. The third-order valence-electron chi connectivity index (χ3n) is 5.19. The maximum absolute atomic E-state index is 13.5. The third-order valence-corrected chi connectivity index (χ3v) is 7.73. The molecule has 0 saturated carbocycles. The number of nitrogens with one attached hydrogen (secondary N) is 1. The molecule has 0 radical (unpaired) electrons. The summed E-state index contributed by atoms with van der Waals surface area (Å²) < 4.78 is 36.0. The second-order valence-electron chi connectivity index (χ2n) is 7.67. The van der Waals surface area contributed by atoms with E-state index in [4.69, 9.17) is 14.6 Å². The van der Waals surface area contributed by atoms with Gasteiger partial charge in [-0.25, -0.2) is 18.5 Å². The van der Waals surface area contributed by atoms with Crippen LogP contribution in [0.3, 0.4) is 0 Å². The Kier molecular flexibility index (Phi) is 8.06. The standard InChI is InChI=1S/C24H21IN4O6S2/c1-34-17-10-15(11-18(12-17)35-2)27-22(30)13-36-24-28-21-8-3-14(25)9-20(21)23(31)29(24)16-4-6-19(7-5-16)37(26,32)33/h3-12H,13H2,1-2H3,(H,27,30)(H2,26,32,33). The number of nitrogens with zero attached hydrogens (tertiary/aromatic N) is 2. The van der Waals surface area contributed by atoms with Crippen LogP contribution in [0.1, 0.15) is 0 Å². The number of anilines is 1. The van der Waals surface area contributed by atoms with Gasteiger partial charge in [-0.05, 0) is 65.1 Å². The predicted molar refractivity (Wildman–Crippen MR) is 150 cm³/mol. The molecule has 0 unspecified atom stereocenters. The molecule has 192 valence electrons. The zero-order chi connectivity index (χ0) is 26.7. The summed E-state index contributed by atoms with van der Waals surface area (Å²) in [6.45, 7) is 0. The summed E-state index contributed by atoms with van der Waals surface area (Å²) in [5, 5.41) is 8.64. The summed E-state index contributed by atoms with van der Waals surface area (Å²) in [6.07, 6.45) is 0. The Morgan fingerprint density at radius 1 is 1.05 bits per heavy atom. The van der Waals surface area contributed by atoms with Gasteiger partial charge in [-0.1, -0.05) is 11.8 Å². The molecule has 0 bridgehead atoms. The minimum absolute atomic E-state index is 0.0584. The Hall–Kier alpha value is -3.14. The number of carbonyl (C=O) groups excluding carboxylic acids is 1. The van der Waals surface area contributed by atoms with Crippen LogP contribution in [0.5, 0.6) is 11.5 Å². The number of thioether (sulfide) groups is 1. The molecule has 4 rings (SSSR count). The number of nitrogens with two attached hydrogens (primary N) is 1. The van der Waals surface area contributed by atoms with Crippen LogP contribution in [-0.2, 0) is 14.8 Å². The van der Waals surface area contributed by atoms with E-state index in [1.165, 1.54) is 43.1 Å². The van der Waals surface area contributed by atoms with Crippen LogP contribution in [-0.4, -0.2) is 43.8 Å². The van der Waals surface area contributed by atoms with Crippen LogP contribution >= 0.6 is 34.4 Å². The van der Waals surface area contributed by atoms with Crippen molar-refractivity contribution in [1.29, 1.82) is 0 Å². The van der Waals surface area contributed by atoms with Gasteiger partial charge in [0.25, 0.3) is 5.56 Å². The van der Waals surface area contributed by atoms with Crippen molar-refractivity contribution in [3.63, 3.8) is 0 Å². The van der Waals surface area contributed by atoms with Gasteiger partial charge >= 0.3 is 0 Å². The van der Waals surface area contributed by atoms with Gasteiger partial charge in [0, 0.05) is 27.5 Å². The average Bonchev–Trinajstić information content (AvgIpc) is 2.87. The SMILES string of the molecule is COc1cc(NC(=O)CSc2nc3ccc(I)cc3c(=O)n2-c2ccc(S(N)(=O)=O)cc2)cc(OC)c1. The number of halogens is 1. The lowest BCUT2D eigenvalue weighted by Gasteiger charge is -2.14. The van der Waals surface area contributed by atoms with Gasteiger partial charge in [0.1, 0.15) is 11.5 Å². The quantitative estimate of drug-likeness (QED) is 0.168. The fourth-order valence-electron chi connectivity index (χ4n) is 3.45. The lowest BCUT2D eigenvalue weighted by molar-refractivity contribution is -0.113. The average molecular weight is 652 g/mol. The molecule has 3 N–H and O–H groups in total. The molecule has 0 spiro atoms. The van der Waals surface area contributed by atoms with Gasteiger partial charge in [-0.2, -0.15) is 0 Å². The van der Waals surface area contributed by atoms with Gasteiger partial charge in [-0.3, -0.25) is 14.2 Å². The molecule has 1 aromatic heterocycles. The highest BCUT2D eigenvalue weighted by atomic mass is 127. The van der Waals surface area contributed by atoms with E-state index in [0.717, 1.165) is 15.3 Å². The van der Waals surface area contributed by atoms with Crippen molar-refractivity contribution in [2.75, 3.05) is 25.3 Å². The Bertz CT molecular complexity index is 1630. The highest BCUT2D eigenvalue weighted by Gasteiger charge is 2.17. The summed E-state index contributed by atoms with van der Waals surface area (Å²) in [5.74, 6) is 0.639. The minimum Gasteiger partial charge on any atom is -0.497 e. The lowest BCUT2D eigenvalue weighted by atomic mass is 10.2. The van der Waals surface area contributed by atoms with Gasteiger partial charge < -0.3 is 14.8 Å². The van der Waals surface area contributed by atoms with Crippen LogP contribution in [0.2, 0.25) is 0 Å². The van der Waals surface area contributed by atoms with E-state index < -0.39 is 10.0 Å². The van der Waals surface area contributed by atoms with Crippen LogP contribution in [0.4, 0.5) is 5.69 Å². The fourth-order valence-corrected chi connectivity index (χ4v) is 5.27. The Morgan fingerprint density at radius 2 is 1.70 bits per heavy atom. The highest BCUT2D eigenvalue weighted by molar-refractivity contribution is 14.1. The fraction of sp³-hybridized carbons (Fsp3) is 0.125. The number of aromatic nitrogens is 2. The van der Waals surface area contributed by atoms with Crippen molar-refractivity contribution in [3.8, 4) is 17.2 Å². The number of amides is 1. The second kappa shape index (κ2) is 11.1. The van der Waals surface area contributed by atoms with Crippen LogP contribution in [0.15, 0.2) is 75.5 Å². The molecule has 3 aromatic carbocycles. The number of benzene rings is 3. The van der Waals surface area contributed by atoms with Crippen molar-refractivity contribution < 1.29 is 22.7 Å². The van der Waals surface area contributed by atoms with E-state index in [1.54, 1.807) is 30.3 Å². The number of fused-ring (bicyclic) bond motifs is 1. The summed E-state index contributed by atoms with van der Waals surface area (Å²) in [7, 11) is -0.881. The maximum Gasteiger partial charge on any atom is 0.266 e. The van der Waals surface area contributed by atoms with E-state index in [2.05, 4.69) is 32.9 Å². The van der Waals surface area contributed by atoms with E-state index in [-0.39, 0.29) is 27.3 Å². The van der Waals surface area contributed by atoms with Crippen LogP contribution in [0.25, 0.3) is 16.6 Å². The lowest BCUT2D eigenvalue weighted by Crippen LogP contribution is -2.23. The Labute approximate surface area is 230 Å². The third kappa shape index (κ3) is 6.23. The summed E-state index contributed by atoms with van der Waals surface area (Å²) in [5.41, 5.74) is 0.987. The molecule has 13 heteroatoms. The molecular formula is C24H21IN4O6S2. The zero-order valence-corrected chi connectivity index (χ0v) is 23.4. The Morgan fingerprint density at radius 3 is 2.30 bits per heavy atom. The molecule has 0 saturated heterocycles. The number of methoxy groups -OCH3 is 2. The summed E-state index contributed by atoms with van der Waals surface area (Å²) in [6, 6.07) is 15.8. The van der Waals surface area contributed by atoms with E-state index in [9.17, 15) is 18.0 Å². The number of hydrogen-bond acceptors (Lipinski definition) is 8. The monoisotopic (exact) mass is 652 g/mol. The second-order valence-corrected chi connectivity index (χ2v) is 11.4. The maximum atomic E-state index is 13.5. The number of sulfonamides is 1. The molecule has 0 fully saturated rings. The minimum atomic E-state index is -3.90. The molecule has 1 heterocycles. The molecule has 0 aliphatic rings. The first-order valence-electron chi connectivity index (χ1n) is 10.6. The summed E-state index contributed by atoms with van der Waals surface area (Å²) >= 11 is 3.17.